The highest BCUT2D eigenvalue weighted by Gasteiger charge is 2.27. The molecule has 0 saturated heterocycles. The summed E-state index contributed by atoms with van der Waals surface area (Å²) in [4.78, 5) is 68.4. The molecule has 0 aliphatic heterocycles. The maximum absolute atomic E-state index is 14.2. The molecule has 1 aliphatic carbocycles. The molecule has 0 fully saturated rings. The molecule has 13 rings (SSSR count). The Kier molecular flexibility index (Phi) is 28.4. The highest BCUT2D eigenvalue weighted by molar-refractivity contribution is 6.43. The first-order valence-electron chi connectivity index (χ1n) is 32.9. The van der Waals surface area contributed by atoms with Crippen LogP contribution in [-0.2, 0) is 12.8 Å². The summed E-state index contributed by atoms with van der Waals surface area (Å²) in [7, 11) is 0. The zero-order valence-corrected chi connectivity index (χ0v) is 63.7. The van der Waals surface area contributed by atoms with Gasteiger partial charge in [-0.2, -0.15) is 15.8 Å². The van der Waals surface area contributed by atoms with Gasteiger partial charge in [0.05, 0.1) is 133 Å². The molecular weight excluding hydrogens is 1570 g/mol. The molecule has 4 aromatic heterocycles. The van der Waals surface area contributed by atoms with Gasteiger partial charge in [0.2, 0.25) is 0 Å². The van der Waals surface area contributed by atoms with E-state index in [0.29, 0.717) is 90.1 Å². The number of nitrogens with zero attached hydrogens (tertiary/aromatic N) is 7. The van der Waals surface area contributed by atoms with Crippen LogP contribution in [0.25, 0.3) is 0 Å². The van der Waals surface area contributed by atoms with Gasteiger partial charge in [-0.15, -0.1) is 0 Å². The minimum absolute atomic E-state index is 0.00979. The van der Waals surface area contributed by atoms with Gasteiger partial charge in [-0.05, 0) is 217 Å². The number of halogens is 11. The fourth-order valence-corrected chi connectivity index (χ4v) is 12.6. The lowest BCUT2D eigenvalue weighted by Crippen LogP contribution is -2.30. The van der Waals surface area contributed by atoms with Crippen molar-refractivity contribution >= 4 is 128 Å². The maximum Gasteiger partial charge on any atom is 0.255 e. The van der Waals surface area contributed by atoms with E-state index in [4.69, 9.17) is 120 Å². The first-order chi connectivity index (χ1) is 52.4. The normalized spacial score (nSPS) is 12.1. The predicted octanol–water partition coefficient (Wildman–Crippen LogP) is 21.0. The minimum atomic E-state index is -0.798. The van der Waals surface area contributed by atoms with E-state index in [9.17, 15) is 28.0 Å². The average molecular weight is 1630 g/mol. The van der Waals surface area contributed by atoms with Gasteiger partial charge in [0.15, 0.2) is 0 Å². The van der Waals surface area contributed by atoms with E-state index in [2.05, 4.69) is 47.3 Å². The fraction of sp³-hybridized carbons (Fsp3) is 0.0964. The van der Waals surface area contributed by atoms with Gasteiger partial charge in [0.1, 0.15) is 11.6 Å². The van der Waals surface area contributed by atoms with Crippen LogP contribution < -0.4 is 21.3 Å². The molecule has 8 aromatic carbocycles. The molecule has 26 heteroatoms. The Bertz CT molecular complexity index is 5420. The van der Waals surface area contributed by atoms with E-state index in [1.807, 2.05) is 91.9 Å². The van der Waals surface area contributed by atoms with Crippen LogP contribution in [-0.4, -0.2) is 43.6 Å². The van der Waals surface area contributed by atoms with E-state index >= 15 is 0 Å². The molecule has 1 unspecified atom stereocenters. The average Bonchev–Trinajstić information content (AvgIpc) is 1.58. The van der Waals surface area contributed by atoms with Gasteiger partial charge in [-0.1, -0.05) is 165 Å². The Morgan fingerprint density at radius 1 is 0.385 bits per heavy atom. The number of aryl methyl sites for hydroxylation is 3. The van der Waals surface area contributed by atoms with Gasteiger partial charge in [-0.3, -0.25) is 39.1 Å². The number of aromatic nitrogens is 4. The lowest BCUT2D eigenvalue weighted by atomic mass is 10.0. The zero-order valence-electron chi connectivity index (χ0n) is 56.9. The summed E-state index contributed by atoms with van der Waals surface area (Å²) in [6, 6.07) is 62.0. The van der Waals surface area contributed by atoms with Crippen LogP contribution in [0.3, 0.4) is 0 Å². The van der Waals surface area contributed by atoms with Crippen LogP contribution in [0.2, 0.25) is 45.2 Å². The second-order valence-corrected chi connectivity index (χ2v) is 27.9. The fourth-order valence-electron chi connectivity index (χ4n) is 11.3. The smallest absolute Gasteiger partial charge is 0.255 e. The highest BCUT2D eigenvalue weighted by Crippen LogP contribution is 2.34. The third-order valence-corrected chi connectivity index (χ3v) is 19.7. The summed E-state index contributed by atoms with van der Waals surface area (Å²) in [5.74, 6) is -3.10. The molecule has 109 heavy (non-hydrogen) atoms. The first-order valence-corrected chi connectivity index (χ1v) is 36.3. The van der Waals surface area contributed by atoms with Crippen molar-refractivity contribution in [3.05, 3.63) is 395 Å². The highest BCUT2D eigenvalue weighted by atomic mass is 35.5. The number of carbonyl (C=O) groups excluding carboxylic acids is 4. The SMILES string of the molecule is Cc1cc(C(=O)NC(c2ccccc2)c2ccccn2)ccc1C#N.N#Cc1cc(F)cc(C(=O)N[C@@H](c2ccc(Cl)c(Cl)c2)c2ccc(Cl)cn2)c1.N#Cc1ccc(C(=O)N[C@@H](c2ccc(Cl)c(Cl)c2)c2ccc(Cl)cn2)c(F)c1.O=C(N[C@@H](c1ccc(Cl)c(Cl)c1)c1ccc(Cl)cn1)c1ccc2c(c1)CCC2. The summed E-state index contributed by atoms with van der Waals surface area (Å²) in [5, 5.41) is 42.1. The summed E-state index contributed by atoms with van der Waals surface area (Å²) in [6.45, 7) is 1.82. The molecule has 0 spiro atoms. The Morgan fingerprint density at radius 2 is 0.844 bits per heavy atom. The summed E-state index contributed by atoms with van der Waals surface area (Å²) in [6.07, 6.45) is 9.40. The molecule has 12 aromatic rings. The largest absolute Gasteiger partial charge is 0.340 e. The van der Waals surface area contributed by atoms with Crippen molar-refractivity contribution in [1.29, 1.82) is 15.8 Å². The quantitative estimate of drug-likeness (QED) is 0.0709. The van der Waals surface area contributed by atoms with Crippen molar-refractivity contribution < 1.29 is 28.0 Å². The first kappa shape index (κ1) is 80.7. The third kappa shape index (κ3) is 21.8. The van der Waals surface area contributed by atoms with Crippen LogP contribution in [0.5, 0.6) is 0 Å². The van der Waals surface area contributed by atoms with Crippen LogP contribution in [0.4, 0.5) is 8.78 Å². The van der Waals surface area contributed by atoms with E-state index < -0.39 is 41.6 Å². The van der Waals surface area contributed by atoms with Crippen LogP contribution in [0.1, 0.15) is 150 Å². The van der Waals surface area contributed by atoms with E-state index in [0.717, 1.165) is 59.8 Å². The number of amides is 4. The van der Waals surface area contributed by atoms with Crippen molar-refractivity contribution in [3.63, 3.8) is 0 Å². The number of benzene rings is 8. The van der Waals surface area contributed by atoms with Crippen LogP contribution in [0, 0.1) is 52.6 Å². The van der Waals surface area contributed by atoms with Crippen molar-refractivity contribution in [2.75, 3.05) is 0 Å². The number of nitriles is 3. The van der Waals surface area contributed by atoms with Gasteiger partial charge in [0, 0.05) is 41.5 Å². The maximum atomic E-state index is 14.2. The van der Waals surface area contributed by atoms with E-state index in [1.165, 1.54) is 41.7 Å². The molecular formula is C83H56Cl9F2N11O4. The van der Waals surface area contributed by atoms with Crippen molar-refractivity contribution in [2.24, 2.45) is 0 Å². The van der Waals surface area contributed by atoms with Gasteiger partial charge in [0.25, 0.3) is 23.6 Å². The van der Waals surface area contributed by atoms with Crippen LogP contribution in [0.15, 0.2) is 237 Å². The summed E-state index contributed by atoms with van der Waals surface area (Å²) in [5.41, 5.74) is 10.4. The standard InChI is InChI=1S/C22H17Cl3N2O.C21H17N3O.2C20H11Cl3FN3O/c23-17-7-9-20(26-12-17)21(15-6-8-18(24)19(25)11-15)27-22(28)16-5-4-13-2-1-3-14(13)10-16;1-15-13-17(10-11-18(15)14-22)21(25)24-20(16-7-3-2-4-8-16)19-9-5-6-12-23-19;21-13-3-6-18(26-10-13)19(12-2-5-15(22)16(23)8-12)27-20(28)14-4-1-11(9-25)7-17(14)24;21-14-2-4-18(26-10-14)19(12-1-3-16(22)17(23)8-12)27-20(28)13-5-11(9-25)6-15(24)7-13/h4-12,21H,1-3H2,(H,27,28);2-13,20H,1H3,(H,24,25);2*1-8,10,19H,(H,27,28)/t21-;;2*19-/m0.00/s1. The number of fused-ring (bicyclic) bond motifs is 1. The molecule has 0 bridgehead atoms. The Hall–Kier alpha value is -10.8. The zero-order chi connectivity index (χ0) is 77.8. The number of hydrogen-bond acceptors (Lipinski definition) is 11. The molecule has 544 valence electrons. The molecule has 4 atom stereocenters. The summed E-state index contributed by atoms with van der Waals surface area (Å²) >= 11 is 54.2. The number of rotatable bonds is 16. The monoisotopic (exact) mass is 1620 g/mol. The molecule has 15 nitrogen and oxygen atoms in total. The Balaban J connectivity index is 0.000000155. The molecule has 0 saturated carbocycles. The number of carbonyl (C=O) groups is 4. The van der Waals surface area contributed by atoms with E-state index in [-0.39, 0.29) is 40.1 Å². The molecule has 4 N–H and O–H groups in total. The van der Waals surface area contributed by atoms with Gasteiger partial charge in [-0.25, -0.2) is 8.78 Å². The lowest BCUT2D eigenvalue weighted by Gasteiger charge is -2.20. The second kappa shape index (κ2) is 38.3. The molecule has 1 aliphatic rings. The molecule has 4 heterocycles. The van der Waals surface area contributed by atoms with Crippen molar-refractivity contribution in [3.8, 4) is 18.2 Å². The van der Waals surface area contributed by atoms with Crippen molar-refractivity contribution in [2.45, 2.75) is 50.4 Å². The molecule has 0 radical (unpaired) electrons. The third-order valence-electron chi connectivity index (χ3n) is 16.8. The van der Waals surface area contributed by atoms with Gasteiger partial charge >= 0.3 is 0 Å². The lowest BCUT2D eigenvalue weighted by molar-refractivity contribution is 0.0930. The van der Waals surface area contributed by atoms with Crippen LogP contribution >= 0.6 is 104 Å². The number of nitrogens with one attached hydrogen (secondary N) is 4. The minimum Gasteiger partial charge on any atom is -0.340 e. The topological polar surface area (TPSA) is 239 Å². The summed E-state index contributed by atoms with van der Waals surface area (Å²) < 4.78 is 27.9. The Morgan fingerprint density at radius 3 is 1.29 bits per heavy atom. The van der Waals surface area contributed by atoms with Crippen molar-refractivity contribution in [1.82, 2.24) is 41.2 Å². The number of hydrogen-bond donors (Lipinski definition) is 4. The Labute approximate surface area is 671 Å². The second-order valence-electron chi connectivity index (χ2n) is 24.1. The predicted molar refractivity (Wildman–Crippen MR) is 422 cm³/mol. The number of pyridine rings is 4. The van der Waals surface area contributed by atoms with E-state index in [1.54, 1.807) is 116 Å². The molecule has 4 amide bonds. The van der Waals surface area contributed by atoms with Gasteiger partial charge < -0.3 is 21.3 Å².